The zero-order valence-electron chi connectivity index (χ0n) is 15.6. The van der Waals surface area contributed by atoms with Gasteiger partial charge in [-0.15, -0.1) is 0 Å². The quantitative estimate of drug-likeness (QED) is 0.807. The van der Waals surface area contributed by atoms with Crippen molar-refractivity contribution in [3.05, 3.63) is 65.7 Å². The van der Waals surface area contributed by atoms with E-state index in [0.717, 1.165) is 11.3 Å². The van der Waals surface area contributed by atoms with Crippen LogP contribution in [0.1, 0.15) is 36.7 Å². The van der Waals surface area contributed by atoms with E-state index in [0.29, 0.717) is 12.0 Å². The highest BCUT2D eigenvalue weighted by molar-refractivity contribution is 5.96. The Morgan fingerprint density at radius 1 is 1.00 bits per heavy atom. The summed E-state index contributed by atoms with van der Waals surface area (Å²) in [5, 5.41) is 2.74. The zero-order chi connectivity index (χ0) is 19.2. The molecule has 0 unspecified atom stereocenters. The van der Waals surface area contributed by atoms with Crippen LogP contribution in [0, 0.1) is 0 Å². The summed E-state index contributed by atoms with van der Waals surface area (Å²) in [7, 11) is 1.31. The summed E-state index contributed by atoms with van der Waals surface area (Å²) >= 11 is 0. The molecule has 0 aliphatic carbocycles. The number of esters is 1. The number of methoxy groups -OCH3 is 1. The van der Waals surface area contributed by atoms with Crippen molar-refractivity contribution >= 4 is 11.9 Å². The Labute approximate surface area is 154 Å². The van der Waals surface area contributed by atoms with Gasteiger partial charge in [-0.1, -0.05) is 30.3 Å². The molecule has 0 radical (unpaired) electrons. The molecule has 1 N–H and O–H groups in total. The molecule has 0 saturated heterocycles. The van der Waals surface area contributed by atoms with Gasteiger partial charge in [0.25, 0.3) is 5.91 Å². The third-order valence-electron chi connectivity index (χ3n) is 3.61. The van der Waals surface area contributed by atoms with Crippen LogP contribution in [-0.4, -0.2) is 30.6 Å². The molecule has 0 fully saturated rings. The summed E-state index contributed by atoms with van der Waals surface area (Å²) < 4.78 is 10.6. The average molecular weight is 355 g/mol. The minimum atomic E-state index is -0.762. The molecule has 0 heterocycles. The molecule has 1 amide bonds. The third-order valence-corrected chi connectivity index (χ3v) is 3.61. The number of hydrogen-bond acceptors (Lipinski definition) is 4. The van der Waals surface area contributed by atoms with Gasteiger partial charge in [-0.3, -0.25) is 4.79 Å². The lowest BCUT2D eigenvalue weighted by Gasteiger charge is -2.21. The molecular weight excluding hydrogens is 330 g/mol. The Morgan fingerprint density at radius 2 is 1.62 bits per heavy atom. The van der Waals surface area contributed by atoms with Crippen LogP contribution < -0.4 is 10.1 Å². The van der Waals surface area contributed by atoms with Crippen LogP contribution in [0.15, 0.2) is 54.6 Å². The number of benzene rings is 2. The molecule has 26 heavy (non-hydrogen) atoms. The number of carbonyl (C=O) groups is 2. The summed E-state index contributed by atoms with van der Waals surface area (Å²) in [6.45, 7) is 5.94. The molecule has 138 valence electrons. The number of nitrogens with one attached hydrogen (secondary N) is 1. The van der Waals surface area contributed by atoms with Crippen LogP contribution >= 0.6 is 0 Å². The highest BCUT2D eigenvalue weighted by Gasteiger charge is 2.22. The molecule has 2 aromatic rings. The lowest BCUT2D eigenvalue weighted by Crippen LogP contribution is -2.43. The van der Waals surface area contributed by atoms with Crippen LogP contribution in [0.25, 0.3) is 0 Å². The van der Waals surface area contributed by atoms with E-state index in [1.54, 1.807) is 24.3 Å². The average Bonchev–Trinajstić information content (AvgIpc) is 2.61. The van der Waals surface area contributed by atoms with E-state index < -0.39 is 12.0 Å². The normalized spacial score (nSPS) is 12.2. The number of rotatable bonds is 6. The Hall–Kier alpha value is -2.82. The molecule has 0 bridgehead atoms. The lowest BCUT2D eigenvalue weighted by molar-refractivity contribution is -0.142. The Kier molecular flexibility index (Phi) is 6.39. The van der Waals surface area contributed by atoms with E-state index in [-0.39, 0.29) is 11.5 Å². The standard InChI is InChI=1S/C21H25NO4/c1-21(2,3)26-17-12-10-15(11-13-17)14-18(20(24)25-4)22-19(23)16-8-6-5-7-9-16/h5-13,18H,14H2,1-4H3,(H,22,23)/t18-/m0/s1. The number of carbonyl (C=O) groups excluding carboxylic acids is 2. The highest BCUT2D eigenvalue weighted by Crippen LogP contribution is 2.19. The molecule has 0 aromatic heterocycles. The van der Waals surface area contributed by atoms with Crippen molar-refractivity contribution < 1.29 is 19.1 Å². The van der Waals surface area contributed by atoms with Gasteiger partial charge in [0.2, 0.25) is 0 Å². The molecular formula is C21H25NO4. The smallest absolute Gasteiger partial charge is 0.328 e. The Morgan fingerprint density at radius 3 is 2.15 bits per heavy atom. The van der Waals surface area contributed by atoms with E-state index in [2.05, 4.69) is 5.32 Å². The van der Waals surface area contributed by atoms with E-state index in [9.17, 15) is 9.59 Å². The van der Waals surface area contributed by atoms with Crippen molar-refractivity contribution in [3.63, 3.8) is 0 Å². The summed E-state index contributed by atoms with van der Waals surface area (Å²) in [5.74, 6) is -0.0397. The fourth-order valence-electron chi connectivity index (χ4n) is 2.45. The topological polar surface area (TPSA) is 64.6 Å². The number of hydrogen-bond donors (Lipinski definition) is 1. The van der Waals surface area contributed by atoms with Gasteiger partial charge in [-0.2, -0.15) is 0 Å². The summed E-state index contributed by atoms with van der Waals surface area (Å²) in [6.07, 6.45) is 0.334. The second-order valence-electron chi connectivity index (χ2n) is 6.98. The van der Waals surface area contributed by atoms with Crippen molar-refractivity contribution in [2.24, 2.45) is 0 Å². The van der Waals surface area contributed by atoms with Crippen LogP contribution in [0.3, 0.4) is 0 Å². The Bertz CT molecular complexity index is 733. The van der Waals surface area contributed by atoms with Gasteiger partial charge < -0.3 is 14.8 Å². The van der Waals surface area contributed by atoms with Crippen molar-refractivity contribution in [3.8, 4) is 5.75 Å². The van der Waals surface area contributed by atoms with E-state index in [4.69, 9.17) is 9.47 Å². The molecule has 0 saturated carbocycles. The maximum atomic E-state index is 12.3. The summed E-state index contributed by atoms with van der Waals surface area (Å²) in [5.41, 5.74) is 1.12. The molecule has 5 heteroatoms. The predicted molar refractivity (Wildman–Crippen MR) is 100 cm³/mol. The summed E-state index contributed by atoms with van der Waals surface area (Å²) in [6, 6.07) is 15.5. The monoisotopic (exact) mass is 355 g/mol. The van der Waals surface area contributed by atoms with Gasteiger partial charge in [-0.05, 0) is 50.6 Å². The van der Waals surface area contributed by atoms with Gasteiger partial charge in [0.15, 0.2) is 0 Å². The fraction of sp³-hybridized carbons (Fsp3) is 0.333. The summed E-state index contributed by atoms with van der Waals surface area (Å²) in [4.78, 5) is 24.4. The van der Waals surface area contributed by atoms with E-state index in [1.807, 2.05) is 51.1 Å². The SMILES string of the molecule is COC(=O)[C@H](Cc1ccc(OC(C)(C)C)cc1)NC(=O)c1ccccc1. The Balaban J connectivity index is 2.08. The lowest BCUT2D eigenvalue weighted by atomic mass is 10.0. The predicted octanol–water partition coefficient (Wildman–Crippen LogP) is 3.38. The second-order valence-corrected chi connectivity index (χ2v) is 6.98. The molecule has 2 aromatic carbocycles. The number of ether oxygens (including phenoxy) is 2. The van der Waals surface area contributed by atoms with Gasteiger partial charge >= 0.3 is 5.97 Å². The van der Waals surface area contributed by atoms with Gasteiger partial charge in [0.05, 0.1) is 7.11 Å². The molecule has 2 rings (SSSR count). The van der Waals surface area contributed by atoms with E-state index in [1.165, 1.54) is 7.11 Å². The minimum absolute atomic E-state index is 0.278. The zero-order valence-corrected chi connectivity index (χ0v) is 15.6. The van der Waals surface area contributed by atoms with Gasteiger partial charge in [0.1, 0.15) is 17.4 Å². The van der Waals surface area contributed by atoms with Crippen molar-refractivity contribution in [2.45, 2.75) is 38.8 Å². The maximum absolute atomic E-state index is 12.3. The largest absolute Gasteiger partial charge is 0.488 e. The second kappa shape index (κ2) is 8.52. The first kappa shape index (κ1) is 19.5. The first-order valence-electron chi connectivity index (χ1n) is 8.50. The fourth-order valence-corrected chi connectivity index (χ4v) is 2.45. The molecule has 0 spiro atoms. The molecule has 0 aliphatic rings. The van der Waals surface area contributed by atoms with E-state index >= 15 is 0 Å². The van der Waals surface area contributed by atoms with Crippen LogP contribution in [0.5, 0.6) is 5.75 Å². The van der Waals surface area contributed by atoms with Crippen LogP contribution in [0.4, 0.5) is 0 Å². The highest BCUT2D eigenvalue weighted by atomic mass is 16.5. The van der Waals surface area contributed by atoms with Crippen molar-refractivity contribution in [1.82, 2.24) is 5.32 Å². The van der Waals surface area contributed by atoms with Crippen molar-refractivity contribution in [1.29, 1.82) is 0 Å². The van der Waals surface area contributed by atoms with Crippen molar-refractivity contribution in [2.75, 3.05) is 7.11 Å². The van der Waals surface area contributed by atoms with Gasteiger partial charge in [0, 0.05) is 12.0 Å². The molecule has 0 aliphatic heterocycles. The van der Waals surface area contributed by atoms with Crippen LogP contribution in [0.2, 0.25) is 0 Å². The van der Waals surface area contributed by atoms with Crippen LogP contribution in [-0.2, 0) is 16.0 Å². The first-order valence-corrected chi connectivity index (χ1v) is 8.50. The molecule has 1 atom stereocenters. The number of amides is 1. The van der Waals surface area contributed by atoms with Gasteiger partial charge in [-0.25, -0.2) is 4.79 Å². The maximum Gasteiger partial charge on any atom is 0.328 e. The molecule has 5 nitrogen and oxygen atoms in total. The third kappa shape index (κ3) is 5.92. The first-order chi connectivity index (χ1) is 12.3. The minimum Gasteiger partial charge on any atom is -0.488 e.